The molecule has 1 heterocycles. The summed E-state index contributed by atoms with van der Waals surface area (Å²) >= 11 is 1.38. The summed E-state index contributed by atoms with van der Waals surface area (Å²) in [6.07, 6.45) is -5.03. The number of aromatic nitrogens is 1. The van der Waals surface area contributed by atoms with Crippen LogP contribution in [0.5, 0.6) is 5.75 Å². The van der Waals surface area contributed by atoms with Gasteiger partial charge in [-0.05, 0) is 22.6 Å². The van der Waals surface area contributed by atoms with Gasteiger partial charge in [-0.2, -0.15) is 0 Å². The maximum Gasteiger partial charge on any atom is 0.573 e. The molecule has 16 heavy (non-hydrogen) atoms. The van der Waals surface area contributed by atoms with Gasteiger partial charge in [0.1, 0.15) is 0 Å². The molecular formula is C7H3F3INO4. The molecule has 0 saturated carbocycles. The molecule has 0 fully saturated rings. The zero-order valence-corrected chi connectivity index (χ0v) is 9.42. The van der Waals surface area contributed by atoms with E-state index in [2.05, 4.69) is 4.74 Å². The number of carbonyl (C=O) groups is 1. The average Bonchev–Trinajstić information content (AvgIpc) is 2.07. The summed E-state index contributed by atoms with van der Waals surface area (Å²) in [6, 6.07) is 0.800. The highest BCUT2D eigenvalue weighted by Crippen LogP contribution is 2.29. The van der Waals surface area contributed by atoms with Gasteiger partial charge in [0.05, 0.1) is 3.57 Å². The first-order valence-electron chi connectivity index (χ1n) is 3.62. The van der Waals surface area contributed by atoms with Crippen molar-refractivity contribution in [1.82, 2.24) is 4.98 Å². The first-order valence-corrected chi connectivity index (χ1v) is 4.70. The Morgan fingerprint density at radius 3 is 2.50 bits per heavy atom. The molecule has 0 bridgehead atoms. The Labute approximate surface area is 99.4 Å². The van der Waals surface area contributed by atoms with E-state index in [-0.39, 0.29) is 3.57 Å². The van der Waals surface area contributed by atoms with Crippen molar-refractivity contribution in [3.05, 3.63) is 25.7 Å². The topological polar surface area (TPSA) is 79.4 Å². The van der Waals surface area contributed by atoms with Crippen LogP contribution < -0.4 is 10.3 Å². The number of alkyl halides is 3. The van der Waals surface area contributed by atoms with Crippen LogP contribution in [0.15, 0.2) is 10.9 Å². The molecule has 1 aromatic rings. The van der Waals surface area contributed by atoms with Crippen LogP contribution in [-0.2, 0) is 0 Å². The number of carboxylic acid groups (broad SMARTS) is 1. The van der Waals surface area contributed by atoms with Crippen LogP contribution in [-0.4, -0.2) is 22.4 Å². The number of pyridine rings is 1. The van der Waals surface area contributed by atoms with E-state index in [0.717, 1.165) is 6.07 Å². The van der Waals surface area contributed by atoms with Gasteiger partial charge >= 0.3 is 12.3 Å². The van der Waals surface area contributed by atoms with Crippen molar-refractivity contribution in [2.24, 2.45) is 0 Å². The fourth-order valence-corrected chi connectivity index (χ4v) is 1.54. The quantitative estimate of drug-likeness (QED) is 0.795. The molecule has 88 valence electrons. The monoisotopic (exact) mass is 349 g/mol. The Hall–Kier alpha value is -1.26. The molecule has 0 unspecified atom stereocenters. The summed E-state index contributed by atoms with van der Waals surface area (Å²) in [5.41, 5.74) is -1.76. The Morgan fingerprint density at radius 1 is 1.50 bits per heavy atom. The maximum absolute atomic E-state index is 12.0. The van der Waals surface area contributed by atoms with Crippen molar-refractivity contribution < 1.29 is 27.8 Å². The predicted octanol–water partition coefficient (Wildman–Crippen LogP) is 1.58. The van der Waals surface area contributed by atoms with Crippen molar-refractivity contribution in [1.29, 1.82) is 0 Å². The van der Waals surface area contributed by atoms with Crippen LogP contribution in [0.4, 0.5) is 13.2 Å². The Bertz CT molecular complexity index is 482. The molecule has 0 spiro atoms. The van der Waals surface area contributed by atoms with Crippen molar-refractivity contribution in [3.8, 4) is 5.75 Å². The second-order valence-electron chi connectivity index (χ2n) is 2.54. The number of carboxylic acids is 1. The summed E-state index contributed by atoms with van der Waals surface area (Å²) in [7, 11) is 0. The van der Waals surface area contributed by atoms with E-state index >= 15 is 0 Å². The van der Waals surface area contributed by atoms with E-state index in [1.54, 1.807) is 4.98 Å². The van der Waals surface area contributed by atoms with Crippen LogP contribution >= 0.6 is 22.6 Å². The number of rotatable bonds is 2. The normalized spacial score (nSPS) is 11.2. The van der Waals surface area contributed by atoms with E-state index in [1.165, 1.54) is 22.6 Å². The highest BCUT2D eigenvalue weighted by atomic mass is 127. The van der Waals surface area contributed by atoms with Gasteiger partial charge in [0.15, 0.2) is 11.4 Å². The van der Waals surface area contributed by atoms with Gasteiger partial charge < -0.3 is 14.8 Å². The molecule has 1 rings (SSSR count). The van der Waals surface area contributed by atoms with Crippen LogP contribution in [0.3, 0.4) is 0 Å². The third-order valence-corrected chi connectivity index (χ3v) is 2.18. The van der Waals surface area contributed by atoms with Crippen molar-refractivity contribution in [2.45, 2.75) is 6.36 Å². The highest BCUT2D eigenvalue weighted by molar-refractivity contribution is 14.1. The second kappa shape index (κ2) is 4.31. The Balaban J connectivity index is 3.36. The van der Waals surface area contributed by atoms with Crippen LogP contribution in [0, 0.1) is 3.57 Å². The van der Waals surface area contributed by atoms with Crippen LogP contribution in [0.2, 0.25) is 0 Å². The molecule has 2 N–H and O–H groups in total. The standard InChI is InChI=1S/C7H3F3INO4/c8-7(9,10)16-5-2(11)1-3(13)12-4(5)6(14)15/h1H,(H,12,13)(H,14,15). The van der Waals surface area contributed by atoms with Gasteiger partial charge in [0.2, 0.25) is 5.56 Å². The average molecular weight is 349 g/mol. The number of H-pyrrole nitrogens is 1. The third-order valence-electron chi connectivity index (χ3n) is 1.38. The zero-order chi connectivity index (χ0) is 12.5. The molecule has 0 aliphatic carbocycles. The lowest BCUT2D eigenvalue weighted by molar-refractivity contribution is -0.275. The van der Waals surface area contributed by atoms with E-state index < -0.39 is 29.3 Å². The SMILES string of the molecule is O=C(O)c1[nH]c(=O)cc(I)c1OC(F)(F)F. The first-order chi connectivity index (χ1) is 7.20. The van der Waals surface area contributed by atoms with Gasteiger partial charge in [0.25, 0.3) is 0 Å². The number of hydrogen-bond donors (Lipinski definition) is 2. The Morgan fingerprint density at radius 2 is 2.06 bits per heavy atom. The van der Waals surface area contributed by atoms with Crippen LogP contribution in [0.1, 0.15) is 10.5 Å². The number of aromatic amines is 1. The van der Waals surface area contributed by atoms with Crippen molar-refractivity contribution in [2.75, 3.05) is 0 Å². The van der Waals surface area contributed by atoms with E-state index in [9.17, 15) is 22.8 Å². The minimum atomic E-state index is -5.03. The summed E-state index contributed by atoms with van der Waals surface area (Å²) in [5, 5.41) is 8.59. The largest absolute Gasteiger partial charge is 0.573 e. The molecule has 1 aromatic heterocycles. The van der Waals surface area contributed by atoms with Gasteiger partial charge in [-0.1, -0.05) is 0 Å². The molecule has 0 amide bonds. The highest BCUT2D eigenvalue weighted by Gasteiger charge is 2.34. The summed E-state index contributed by atoms with van der Waals surface area (Å²) in [4.78, 5) is 23.2. The van der Waals surface area contributed by atoms with E-state index in [1.807, 2.05) is 0 Å². The molecule has 0 atom stereocenters. The van der Waals surface area contributed by atoms with Gasteiger partial charge in [-0.3, -0.25) is 4.79 Å². The third kappa shape index (κ3) is 3.12. The van der Waals surface area contributed by atoms with Crippen molar-refractivity contribution in [3.63, 3.8) is 0 Å². The molecule has 0 saturated heterocycles. The summed E-state index contributed by atoms with van der Waals surface area (Å²) in [5.74, 6) is -2.64. The minimum absolute atomic E-state index is 0.240. The fourth-order valence-electron chi connectivity index (χ4n) is 0.882. The minimum Gasteiger partial charge on any atom is -0.476 e. The second-order valence-corrected chi connectivity index (χ2v) is 3.70. The lowest BCUT2D eigenvalue weighted by atomic mass is 10.3. The predicted molar refractivity (Wildman–Crippen MR) is 53.4 cm³/mol. The van der Waals surface area contributed by atoms with Crippen molar-refractivity contribution >= 4 is 28.6 Å². The number of halogens is 4. The molecule has 0 aliphatic heterocycles. The van der Waals surface area contributed by atoms with E-state index in [0.29, 0.717) is 0 Å². The number of aromatic carboxylic acids is 1. The number of ether oxygens (including phenoxy) is 1. The lowest BCUT2D eigenvalue weighted by Gasteiger charge is -2.12. The summed E-state index contributed by atoms with van der Waals surface area (Å²) < 4.78 is 39.1. The van der Waals surface area contributed by atoms with E-state index in [4.69, 9.17) is 5.11 Å². The molecular weight excluding hydrogens is 346 g/mol. The maximum atomic E-state index is 12.0. The molecule has 9 heteroatoms. The number of hydrogen-bond acceptors (Lipinski definition) is 3. The summed E-state index contributed by atoms with van der Waals surface area (Å²) in [6.45, 7) is 0. The molecule has 0 aliphatic rings. The first kappa shape index (κ1) is 12.8. The Kier molecular flexibility index (Phi) is 3.45. The smallest absolute Gasteiger partial charge is 0.476 e. The van der Waals surface area contributed by atoms with Gasteiger partial charge in [-0.25, -0.2) is 4.79 Å². The molecule has 0 radical (unpaired) electrons. The van der Waals surface area contributed by atoms with Gasteiger partial charge in [0, 0.05) is 6.07 Å². The fraction of sp³-hybridized carbons (Fsp3) is 0.143. The molecule has 5 nitrogen and oxygen atoms in total. The number of nitrogens with one attached hydrogen (secondary N) is 1. The zero-order valence-electron chi connectivity index (χ0n) is 7.26. The lowest BCUT2D eigenvalue weighted by Crippen LogP contribution is -2.23. The van der Waals surface area contributed by atoms with Gasteiger partial charge in [-0.15, -0.1) is 13.2 Å². The molecule has 0 aromatic carbocycles. The van der Waals surface area contributed by atoms with Crippen LogP contribution in [0.25, 0.3) is 0 Å².